The SMILES string of the molecule is O=C(O)c1ccc(-c2ccccn2)c(C(=O)O)c1. The molecule has 0 spiro atoms. The lowest BCUT2D eigenvalue weighted by atomic mass is 10.0. The number of hydrogen-bond acceptors (Lipinski definition) is 3. The minimum Gasteiger partial charge on any atom is -0.478 e. The Morgan fingerprint density at radius 3 is 2.33 bits per heavy atom. The van der Waals surface area contributed by atoms with E-state index < -0.39 is 11.9 Å². The summed E-state index contributed by atoms with van der Waals surface area (Å²) in [5.74, 6) is -2.34. The summed E-state index contributed by atoms with van der Waals surface area (Å²) in [6, 6.07) is 9.07. The van der Waals surface area contributed by atoms with E-state index in [0.717, 1.165) is 6.07 Å². The topological polar surface area (TPSA) is 87.5 Å². The first-order chi connectivity index (χ1) is 8.59. The third-order valence-electron chi connectivity index (χ3n) is 2.44. The molecule has 5 nitrogen and oxygen atoms in total. The normalized spacial score (nSPS) is 10.0. The highest BCUT2D eigenvalue weighted by atomic mass is 16.4. The van der Waals surface area contributed by atoms with Gasteiger partial charge in [0.1, 0.15) is 0 Å². The summed E-state index contributed by atoms with van der Waals surface area (Å²) in [4.78, 5) is 26.0. The molecule has 0 saturated heterocycles. The van der Waals surface area contributed by atoms with Gasteiger partial charge in [-0.2, -0.15) is 0 Å². The molecule has 0 aliphatic heterocycles. The van der Waals surface area contributed by atoms with E-state index in [1.54, 1.807) is 24.4 Å². The number of carbonyl (C=O) groups is 2. The van der Waals surface area contributed by atoms with Crippen molar-refractivity contribution in [2.75, 3.05) is 0 Å². The highest BCUT2D eigenvalue weighted by Gasteiger charge is 2.15. The smallest absolute Gasteiger partial charge is 0.336 e. The maximum Gasteiger partial charge on any atom is 0.336 e. The molecule has 1 aromatic heterocycles. The Balaban J connectivity index is 2.61. The van der Waals surface area contributed by atoms with Gasteiger partial charge in [-0.25, -0.2) is 9.59 Å². The maximum atomic E-state index is 11.1. The van der Waals surface area contributed by atoms with E-state index in [1.807, 2.05) is 0 Å². The Morgan fingerprint density at radius 1 is 1.00 bits per heavy atom. The van der Waals surface area contributed by atoms with Gasteiger partial charge in [0, 0.05) is 11.8 Å². The predicted octanol–water partition coefficient (Wildman–Crippen LogP) is 2.14. The Hall–Kier alpha value is -2.69. The number of hydrogen-bond donors (Lipinski definition) is 2. The molecule has 1 heterocycles. The molecule has 18 heavy (non-hydrogen) atoms. The van der Waals surface area contributed by atoms with Gasteiger partial charge in [0.25, 0.3) is 0 Å². The average molecular weight is 243 g/mol. The molecular weight excluding hydrogens is 234 g/mol. The summed E-state index contributed by atoms with van der Waals surface area (Å²) >= 11 is 0. The van der Waals surface area contributed by atoms with Crippen LogP contribution in [0.4, 0.5) is 0 Å². The van der Waals surface area contributed by atoms with Crippen molar-refractivity contribution < 1.29 is 19.8 Å². The first-order valence-electron chi connectivity index (χ1n) is 5.11. The van der Waals surface area contributed by atoms with Crippen LogP contribution in [-0.2, 0) is 0 Å². The monoisotopic (exact) mass is 243 g/mol. The predicted molar refractivity (Wildman–Crippen MR) is 63.6 cm³/mol. The molecule has 0 aliphatic rings. The fourth-order valence-corrected chi connectivity index (χ4v) is 1.60. The van der Waals surface area contributed by atoms with Crippen molar-refractivity contribution in [3.05, 3.63) is 53.7 Å². The van der Waals surface area contributed by atoms with Crippen molar-refractivity contribution >= 4 is 11.9 Å². The van der Waals surface area contributed by atoms with Crippen molar-refractivity contribution in [2.45, 2.75) is 0 Å². The standard InChI is InChI=1S/C13H9NO4/c15-12(16)8-4-5-9(10(7-8)13(17)18)11-3-1-2-6-14-11/h1-7H,(H,15,16)(H,17,18). The lowest BCUT2D eigenvalue weighted by Gasteiger charge is -2.06. The molecule has 0 atom stereocenters. The number of aromatic carboxylic acids is 2. The molecule has 0 aliphatic carbocycles. The van der Waals surface area contributed by atoms with E-state index in [0.29, 0.717) is 11.3 Å². The average Bonchev–Trinajstić information content (AvgIpc) is 2.39. The van der Waals surface area contributed by atoms with Gasteiger partial charge in [-0.3, -0.25) is 4.98 Å². The van der Waals surface area contributed by atoms with Gasteiger partial charge in [-0.15, -0.1) is 0 Å². The van der Waals surface area contributed by atoms with Crippen LogP contribution in [-0.4, -0.2) is 27.1 Å². The van der Waals surface area contributed by atoms with Crippen LogP contribution in [0.2, 0.25) is 0 Å². The van der Waals surface area contributed by atoms with Crippen LogP contribution in [0.25, 0.3) is 11.3 Å². The first kappa shape index (κ1) is 11.8. The van der Waals surface area contributed by atoms with Gasteiger partial charge in [-0.1, -0.05) is 12.1 Å². The van der Waals surface area contributed by atoms with E-state index in [2.05, 4.69) is 4.98 Å². The number of aromatic nitrogens is 1. The van der Waals surface area contributed by atoms with E-state index in [-0.39, 0.29) is 11.1 Å². The zero-order valence-corrected chi connectivity index (χ0v) is 9.20. The highest BCUT2D eigenvalue weighted by molar-refractivity contribution is 5.99. The van der Waals surface area contributed by atoms with Gasteiger partial charge < -0.3 is 10.2 Å². The van der Waals surface area contributed by atoms with Gasteiger partial charge in [0.2, 0.25) is 0 Å². The second-order valence-electron chi connectivity index (χ2n) is 3.59. The fourth-order valence-electron chi connectivity index (χ4n) is 1.60. The van der Waals surface area contributed by atoms with Crippen molar-refractivity contribution in [3.63, 3.8) is 0 Å². The number of benzene rings is 1. The zero-order chi connectivity index (χ0) is 13.1. The van der Waals surface area contributed by atoms with Crippen molar-refractivity contribution in [1.82, 2.24) is 4.98 Å². The summed E-state index contributed by atoms with van der Waals surface area (Å²) in [5.41, 5.74) is 0.751. The second-order valence-corrected chi connectivity index (χ2v) is 3.59. The quantitative estimate of drug-likeness (QED) is 0.862. The molecule has 1 aromatic carbocycles. The Kier molecular flexibility index (Phi) is 3.05. The van der Waals surface area contributed by atoms with E-state index in [1.165, 1.54) is 12.1 Å². The lowest BCUT2D eigenvalue weighted by Crippen LogP contribution is -2.04. The molecule has 0 bridgehead atoms. The molecule has 2 aromatic rings. The first-order valence-corrected chi connectivity index (χ1v) is 5.11. The van der Waals surface area contributed by atoms with Crippen LogP contribution < -0.4 is 0 Å². The van der Waals surface area contributed by atoms with E-state index >= 15 is 0 Å². The molecule has 0 unspecified atom stereocenters. The number of nitrogens with zero attached hydrogens (tertiary/aromatic N) is 1. The van der Waals surface area contributed by atoms with Gasteiger partial charge in [0.05, 0.1) is 16.8 Å². The molecule has 2 N–H and O–H groups in total. The lowest BCUT2D eigenvalue weighted by molar-refractivity contribution is 0.0696. The zero-order valence-electron chi connectivity index (χ0n) is 9.20. The fraction of sp³-hybridized carbons (Fsp3) is 0. The molecule has 2 rings (SSSR count). The van der Waals surface area contributed by atoms with Crippen LogP contribution >= 0.6 is 0 Å². The number of pyridine rings is 1. The molecule has 0 saturated carbocycles. The number of carboxylic acids is 2. The molecule has 90 valence electrons. The summed E-state index contributed by atoms with van der Waals surface area (Å²) in [5, 5.41) is 18.0. The Morgan fingerprint density at radius 2 is 1.78 bits per heavy atom. The largest absolute Gasteiger partial charge is 0.478 e. The molecule has 0 radical (unpaired) electrons. The second kappa shape index (κ2) is 4.67. The molecule has 0 amide bonds. The minimum absolute atomic E-state index is 0.0629. The summed E-state index contributed by atoms with van der Waals surface area (Å²) < 4.78 is 0. The third-order valence-corrected chi connectivity index (χ3v) is 2.44. The van der Waals surface area contributed by atoms with Crippen molar-refractivity contribution in [2.24, 2.45) is 0 Å². The van der Waals surface area contributed by atoms with Crippen molar-refractivity contribution in [1.29, 1.82) is 0 Å². The third kappa shape index (κ3) is 2.20. The number of rotatable bonds is 3. The Bertz CT molecular complexity index is 608. The van der Waals surface area contributed by atoms with E-state index in [9.17, 15) is 9.59 Å². The van der Waals surface area contributed by atoms with Gasteiger partial charge in [-0.05, 0) is 24.3 Å². The summed E-state index contributed by atoms with van der Waals surface area (Å²) in [6.45, 7) is 0. The molecular formula is C13H9NO4. The van der Waals surface area contributed by atoms with Crippen LogP contribution in [0.1, 0.15) is 20.7 Å². The van der Waals surface area contributed by atoms with Crippen LogP contribution in [0.5, 0.6) is 0 Å². The van der Waals surface area contributed by atoms with Gasteiger partial charge in [0.15, 0.2) is 0 Å². The van der Waals surface area contributed by atoms with Gasteiger partial charge >= 0.3 is 11.9 Å². The minimum atomic E-state index is -1.18. The Labute approximate surface area is 102 Å². The summed E-state index contributed by atoms with van der Waals surface area (Å²) in [7, 11) is 0. The van der Waals surface area contributed by atoms with Crippen LogP contribution in [0.3, 0.4) is 0 Å². The maximum absolute atomic E-state index is 11.1. The summed E-state index contributed by atoms with van der Waals surface area (Å²) in [6.07, 6.45) is 1.55. The number of carboxylic acid groups (broad SMARTS) is 2. The molecule has 5 heteroatoms. The molecule has 0 fully saturated rings. The van der Waals surface area contributed by atoms with Crippen molar-refractivity contribution in [3.8, 4) is 11.3 Å². The van der Waals surface area contributed by atoms with Crippen LogP contribution in [0.15, 0.2) is 42.6 Å². The van der Waals surface area contributed by atoms with Crippen LogP contribution in [0, 0.1) is 0 Å². The van der Waals surface area contributed by atoms with E-state index in [4.69, 9.17) is 10.2 Å². The highest BCUT2D eigenvalue weighted by Crippen LogP contribution is 2.23.